The zero-order valence-corrected chi connectivity index (χ0v) is 9.27. The minimum Gasteiger partial charge on any atom is -0.338 e. The maximum atomic E-state index is 5.90. The lowest BCUT2D eigenvalue weighted by Gasteiger charge is -2.19. The number of para-hydroxylation sites is 1. The van der Waals surface area contributed by atoms with Gasteiger partial charge in [-0.2, -0.15) is 0 Å². The Labute approximate surface area is 96.7 Å². The molecular formula is C11H7ClN2S. The van der Waals surface area contributed by atoms with Gasteiger partial charge in [-0.3, -0.25) is 0 Å². The number of rotatable bonds is 0. The van der Waals surface area contributed by atoms with Gasteiger partial charge in [-0.15, -0.1) is 0 Å². The highest BCUT2D eigenvalue weighted by Gasteiger charge is 2.15. The molecule has 0 fully saturated rings. The van der Waals surface area contributed by atoms with Gasteiger partial charge in [0.2, 0.25) is 0 Å². The molecule has 4 heteroatoms. The van der Waals surface area contributed by atoms with E-state index < -0.39 is 0 Å². The predicted octanol–water partition coefficient (Wildman–Crippen LogP) is 3.94. The number of benzene rings is 1. The van der Waals surface area contributed by atoms with E-state index in [1.807, 2.05) is 24.3 Å². The van der Waals surface area contributed by atoms with Gasteiger partial charge in [0.1, 0.15) is 5.82 Å². The third-order valence-corrected chi connectivity index (χ3v) is 3.49. The second kappa shape index (κ2) is 3.43. The van der Waals surface area contributed by atoms with E-state index in [1.165, 1.54) is 4.90 Å². The fourth-order valence-electron chi connectivity index (χ4n) is 1.50. The lowest BCUT2D eigenvalue weighted by atomic mass is 10.3. The van der Waals surface area contributed by atoms with Crippen LogP contribution in [-0.4, -0.2) is 4.98 Å². The Bertz CT molecular complexity index is 528. The van der Waals surface area contributed by atoms with Gasteiger partial charge < -0.3 is 5.32 Å². The molecule has 0 spiro atoms. The van der Waals surface area contributed by atoms with E-state index in [4.69, 9.17) is 11.6 Å². The summed E-state index contributed by atoms with van der Waals surface area (Å²) >= 11 is 7.59. The Morgan fingerprint density at radius 3 is 3.00 bits per heavy atom. The van der Waals surface area contributed by atoms with Gasteiger partial charge in [0.25, 0.3) is 0 Å². The number of nitrogens with one attached hydrogen (secondary N) is 1. The van der Waals surface area contributed by atoms with Crippen molar-refractivity contribution >= 4 is 34.9 Å². The van der Waals surface area contributed by atoms with Crippen molar-refractivity contribution in [2.75, 3.05) is 5.32 Å². The summed E-state index contributed by atoms with van der Waals surface area (Å²) in [6.07, 6.45) is 1.65. The maximum Gasteiger partial charge on any atom is 0.144 e. The summed E-state index contributed by atoms with van der Waals surface area (Å²) in [4.78, 5) is 6.53. The molecule has 2 aromatic rings. The third-order valence-electron chi connectivity index (χ3n) is 2.18. The molecule has 2 heterocycles. The molecule has 0 saturated heterocycles. The SMILES string of the molecule is Clc1cnc2c(c1)Sc1ccccc1N2. The van der Waals surface area contributed by atoms with Crippen molar-refractivity contribution in [3.8, 4) is 0 Å². The second-order valence-electron chi connectivity index (χ2n) is 3.22. The maximum absolute atomic E-state index is 5.90. The van der Waals surface area contributed by atoms with Crippen LogP contribution in [0.5, 0.6) is 0 Å². The molecule has 74 valence electrons. The molecular weight excluding hydrogens is 228 g/mol. The number of anilines is 2. The van der Waals surface area contributed by atoms with Crippen molar-refractivity contribution in [3.05, 3.63) is 41.6 Å². The van der Waals surface area contributed by atoms with E-state index in [1.54, 1.807) is 18.0 Å². The molecule has 1 aromatic heterocycles. The normalized spacial score (nSPS) is 12.6. The van der Waals surface area contributed by atoms with Gasteiger partial charge in [0.05, 0.1) is 15.6 Å². The smallest absolute Gasteiger partial charge is 0.144 e. The summed E-state index contributed by atoms with van der Waals surface area (Å²) in [5.41, 5.74) is 1.10. The summed E-state index contributed by atoms with van der Waals surface area (Å²) in [7, 11) is 0. The third kappa shape index (κ3) is 1.58. The lowest BCUT2D eigenvalue weighted by Crippen LogP contribution is -2.01. The highest BCUT2D eigenvalue weighted by atomic mass is 35.5. The average Bonchev–Trinajstić information content (AvgIpc) is 2.26. The Balaban J connectivity index is 2.11. The average molecular weight is 235 g/mol. The Morgan fingerprint density at radius 1 is 1.20 bits per heavy atom. The van der Waals surface area contributed by atoms with Crippen LogP contribution >= 0.6 is 23.4 Å². The molecule has 1 aromatic carbocycles. The van der Waals surface area contributed by atoms with Crippen LogP contribution in [0, 0.1) is 0 Å². The molecule has 0 atom stereocenters. The lowest BCUT2D eigenvalue weighted by molar-refractivity contribution is 1.19. The van der Waals surface area contributed by atoms with E-state index in [0.29, 0.717) is 5.02 Å². The van der Waals surface area contributed by atoms with Gasteiger partial charge in [-0.05, 0) is 18.2 Å². The first kappa shape index (κ1) is 9.07. The summed E-state index contributed by atoms with van der Waals surface area (Å²) in [5.74, 6) is 0.878. The fraction of sp³-hybridized carbons (Fsp3) is 0. The quantitative estimate of drug-likeness (QED) is 0.638. The highest BCUT2D eigenvalue weighted by molar-refractivity contribution is 7.99. The number of hydrogen-bond acceptors (Lipinski definition) is 3. The first-order chi connectivity index (χ1) is 7.33. The van der Waals surface area contributed by atoms with Crippen LogP contribution in [0.4, 0.5) is 11.5 Å². The topological polar surface area (TPSA) is 24.9 Å². The summed E-state index contributed by atoms with van der Waals surface area (Å²) in [5, 5.41) is 3.95. The number of nitrogens with zero attached hydrogens (tertiary/aromatic N) is 1. The first-order valence-corrected chi connectivity index (χ1v) is 5.72. The summed E-state index contributed by atoms with van der Waals surface area (Å²) in [6.45, 7) is 0. The number of aromatic nitrogens is 1. The standard InChI is InChI=1S/C11H7ClN2S/c12-7-5-10-11(13-6-7)14-8-3-1-2-4-9(8)15-10/h1-6H,(H,13,14). The van der Waals surface area contributed by atoms with Crippen LogP contribution in [0.25, 0.3) is 0 Å². The number of halogens is 1. The monoisotopic (exact) mass is 234 g/mol. The Kier molecular flexibility index (Phi) is 2.08. The van der Waals surface area contributed by atoms with Gasteiger partial charge in [0.15, 0.2) is 0 Å². The molecule has 3 rings (SSSR count). The highest BCUT2D eigenvalue weighted by Crippen LogP contribution is 2.43. The van der Waals surface area contributed by atoms with E-state index in [2.05, 4.69) is 16.4 Å². The van der Waals surface area contributed by atoms with Crippen LogP contribution < -0.4 is 5.32 Å². The zero-order valence-electron chi connectivity index (χ0n) is 7.70. The van der Waals surface area contributed by atoms with Crippen LogP contribution in [-0.2, 0) is 0 Å². The van der Waals surface area contributed by atoms with Crippen LogP contribution in [0.2, 0.25) is 5.02 Å². The molecule has 1 aliphatic rings. The van der Waals surface area contributed by atoms with Crippen molar-refractivity contribution in [2.24, 2.45) is 0 Å². The molecule has 0 aliphatic carbocycles. The largest absolute Gasteiger partial charge is 0.338 e. The summed E-state index contributed by atoms with van der Waals surface area (Å²) in [6, 6.07) is 10.1. The van der Waals surface area contributed by atoms with Crippen LogP contribution in [0.3, 0.4) is 0 Å². The molecule has 1 N–H and O–H groups in total. The Morgan fingerprint density at radius 2 is 2.07 bits per heavy atom. The number of hydrogen-bond donors (Lipinski definition) is 1. The van der Waals surface area contributed by atoms with Crippen molar-refractivity contribution in [1.82, 2.24) is 4.98 Å². The number of fused-ring (bicyclic) bond motifs is 2. The predicted molar refractivity (Wildman–Crippen MR) is 63.1 cm³/mol. The zero-order chi connectivity index (χ0) is 10.3. The van der Waals surface area contributed by atoms with Gasteiger partial charge in [-0.1, -0.05) is 35.5 Å². The molecule has 0 unspecified atom stereocenters. The van der Waals surface area contributed by atoms with E-state index in [-0.39, 0.29) is 0 Å². The van der Waals surface area contributed by atoms with Crippen LogP contribution in [0.1, 0.15) is 0 Å². The van der Waals surface area contributed by atoms with Gasteiger partial charge >= 0.3 is 0 Å². The number of pyridine rings is 1. The van der Waals surface area contributed by atoms with Crippen LogP contribution in [0.15, 0.2) is 46.3 Å². The first-order valence-electron chi connectivity index (χ1n) is 4.52. The minimum absolute atomic E-state index is 0.669. The van der Waals surface area contributed by atoms with Crippen molar-refractivity contribution in [3.63, 3.8) is 0 Å². The summed E-state index contributed by atoms with van der Waals surface area (Å²) < 4.78 is 0. The van der Waals surface area contributed by atoms with Gasteiger partial charge in [0, 0.05) is 11.1 Å². The second-order valence-corrected chi connectivity index (χ2v) is 4.74. The van der Waals surface area contributed by atoms with Crippen molar-refractivity contribution in [2.45, 2.75) is 9.79 Å². The van der Waals surface area contributed by atoms with Gasteiger partial charge in [-0.25, -0.2) is 4.98 Å². The van der Waals surface area contributed by atoms with E-state index >= 15 is 0 Å². The fourth-order valence-corrected chi connectivity index (χ4v) is 2.72. The molecule has 0 radical (unpaired) electrons. The van der Waals surface area contributed by atoms with Crippen molar-refractivity contribution in [1.29, 1.82) is 0 Å². The molecule has 0 amide bonds. The van der Waals surface area contributed by atoms with E-state index in [0.717, 1.165) is 16.4 Å². The molecule has 0 bridgehead atoms. The minimum atomic E-state index is 0.669. The van der Waals surface area contributed by atoms with E-state index in [9.17, 15) is 0 Å². The Hall–Kier alpha value is -1.19. The molecule has 0 saturated carbocycles. The molecule has 2 nitrogen and oxygen atoms in total. The van der Waals surface area contributed by atoms with Crippen molar-refractivity contribution < 1.29 is 0 Å². The molecule has 1 aliphatic heterocycles. The molecule has 15 heavy (non-hydrogen) atoms.